The first-order valence-corrected chi connectivity index (χ1v) is 12.9. The third-order valence-corrected chi connectivity index (χ3v) is 11.0. The molecule has 4 fully saturated rings. The third-order valence-electron chi connectivity index (χ3n) is 9.55. The molecule has 4 aliphatic carbocycles. The lowest BCUT2D eigenvalue weighted by molar-refractivity contribution is -0.169. The fourth-order valence-corrected chi connectivity index (χ4v) is 9.05. The van der Waals surface area contributed by atoms with Crippen molar-refractivity contribution in [1.82, 2.24) is 0 Å². The van der Waals surface area contributed by atoms with Crippen molar-refractivity contribution in [2.75, 3.05) is 6.61 Å². The predicted molar refractivity (Wildman–Crippen MR) is 121 cm³/mol. The summed E-state index contributed by atoms with van der Waals surface area (Å²) < 4.78 is 10.5. The van der Waals surface area contributed by atoms with Crippen molar-refractivity contribution in [3.63, 3.8) is 0 Å². The molecule has 6 nitrogen and oxygen atoms in total. The summed E-state index contributed by atoms with van der Waals surface area (Å²) in [6.07, 6.45) is 6.19. The van der Waals surface area contributed by atoms with Gasteiger partial charge in [0.2, 0.25) is 0 Å². The van der Waals surface area contributed by atoms with Gasteiger partial charge in [-0.05, 0) is 73.5 Å². The Hall–Kier alpha value is -1.24. The van der Waals surface area contributed by atoms with Gasteiger partial charge >= 0.3 is 11.9 Å². The first-order chi connectivity index (χ1) is 15.0. The maximum absolute atomic E-state index is 13.9. The van der Waals surface area contributed by atoms with Gasteiger partial charge in [-0.2, -0.15) is 0 Å². The minimum absolute atomic E-state index is 0.0238. The summed E-state index contributed by atoms with van der Waals surface area (Å²) in [6, 6.07) is 0. The second-order valence-corrected chi connectivity index (χ2v) is 12.0. The molecule has 32 heavy (non-hydrogen) atoms. The largest absolute Gasteiger partial charge is 0.463 e. The minimum atomic E-state index is -0.455. The van der Waals surface area contributed by atoms with Gasteiger partial charge in [0.05, 0.1) is 4.83 Å². The summed E-state index contributed by atoms with van der Waals surface area (Å²) in [5.74, 6) is 0.135. The Morgan fingerprint density at radius 1 is 1.03 bits per heavy atom. The number of alkyl halides is 1. The first kappa shape index (κ1) is 23.9. The Balaban J connectivity index is 1.58. The van der Waals surface area contributed by atoms with Gasteiger partial charge in [0, 0.05) is 25.7 Å². The van der Waals surface area contributed by atoms with Crippen LogP contribution in [-0.2, 0) is 28.7 Å². The molecule has 0 N–H and O–H groups in total. The van der Waals surface area contributed by atoms with Gasteiger partial charge in [-0.25, -0.2) is 0 Å². The number of ketones is 2. The molecule has 4 saturated carbocycles. The zero-order chi connectivity index (χ0) is 23.4. The SMILES string of the molecule is CC(=O)OCC(=O)C1CCC2C3CCC4CC(OC(C)=O)CCC4(C)C3C(=O)C(Br)C12C. The van der Waals surface area contributed by atoms with Gasteiger partial charge in [0.15, 0.2) is 11.6 Å². The van der Waals surface area contributed by atoms with E-state index in [1.54, 1.807) is 0 Å². The molecule has 0 spiro atoms. The van der Waals surface area contributed by atoms with E-state index in [0.29, 0.717) is 11.8 Å². The summed E-state index contributed by atoms with van der Waals surface area (Å²) in [4.78, 5) is 49.2. The zero-order valence-corrected chi connectivity index (χ0v) is 21.1. The number of hydrogen-bond donors (Lipinski definition) is 0. The smallest absolute Gasteiger partial charge is 0.303 e. The highest BCUT2D eigenvalue weighted by Gasteiger charge is 2.67. The summed E-state index contributed by atoms with van der Waals surface area (Å²) in [7, 11) is 0. The van der Waals surface area contributed by atoms with Crippen LogP contribution < -0.4 is 0 Å². The van der Waals surface area contributed by atoms with Crippen LogP contribution in [0.3, 0.4) is 0 Å². The highest BCUT2D eigenvalue weighted by molar-refractivity contribution is 9.10. The lowest BCUT2D eigenvalue weighted by Crippen LogP contribution is -2.62. The Bertz CT molecular complexity index is 825. The molecule has 9 atom stereocenters. The molecule has 0 aromatic carbocycles. The number of ether oxygens (including phenoxy) is 2. The molecule has 0 amide bonds. The predicted octanol–water partition coefficient (Wildman–Crippen LogP) is 4.26. The van der Waals surface area contributed by atoms with Crippen LogP contribution >= 0.6 is 15.9 Å². The standard InChI is InChI=1S/C25H35BrO6/c1-13(27)31-12-20(29)19-8-7-18-17-6-5-15-11-16(32-14(2)28)9-10-24(15,3)21(17)22(30)23(26)25(18,19)4/h15-19,21,23H,5-12H2,1-4H3. The van der Waals surface area contributed by atoms with Crippen LogP contribution in [0.1, 0.15) is 72.6 Å². The molecule has 4 rings (SSSR count). The Kier molecular flexibility index (Phi) is 6.36. The average Bonchev–Trinajstić information content (AvgIpc) is 3.08. The average molecular weight is 511 g/mol. The minimum Gasteiger partial charge on any atom is -0.463 e. The molecule has 9 unspecified atom stereocenters. The van der Waals surface area contributed by atoms with Gasteiger partial charge in [-0.1, -0.05) is 29.8 Å². The fraction of sp³-hybridized carbons (Fsp3) is 0.840. The van der Waals surface area contributed by atoms with E-state index in [4.69, 9.17) is 9.47 Å². The number of hydrogen-bond acceptors (Lipinski definition) is 6. The van der Waals surface area contributed by atoms with E-state index in [0.717, 1.165) is 44.9 Å². The molecular formula is C25H35BrO6. The number of carbonyl (C=O) groups is 4. The van der Waals surface area contributed by atoms with E-state index in [1.807, 2.05) is 0 Å². The zero-order valence-electron chi connectivity index (χ0n) is 19.5. The second-order valence-electron chi connectivity index (χ2n) is 11.0. The van der Waals surface area contributed by atoms with Gasteiger partial charge in [-0.3, -0.25) is 19.2 Å². The lowest BCUT2D eigenvalue weighted by atomic mass is 9.44. The van der Waals surface area contributed by atoms with Gasteiger partial charge in [-0.15, -0.1) is 0 Å². The molecule has 178 valence electrons. The van der Waals surface area contributed by atoms with E-state index in [-0.39, 0.29) is 58.2 Å². The van der Waals surface area contributed by atoms with Crippen molar-refractivity contribution in [2.24, 2.45) is 40.4 Å². The number of rotatable bonds is 4. The topological polar surface area (TPSA) is 86.7 Å². The molecule has 0 aromatic heterocycles. The number of Topliss-reactive ketones (excluding diaryl/α,β-unsaturated/α-hetero) is 2. The molecule has 0 radical (unpaired) electrons. The summed E-state index contributed by atoms with van der Waals surface area (Å²) in [5, 5.41) is 0. The quantitative estimate of drug-likeness (QED) is 0.414. The fourth-order valence-electron chi connectivity index (χ4n) is 8.11. The van der Waals surface area contributed by atoms with Crippen LogP contribution in [0.2, 0.25) is 0 Å². The summed E-state index contributed by atoms with van der Waals surface area (Å²) in [5.41, 5.74) is -0.544. The van der Waals surface area contributed by atoms with E-state index in [1.165, 1.54) is 13.8 Å². The van der Waals surface area contributed by atoms with Gasteiger partial charge in [0.25, 0.3) is 0 Å². The Labute approximate surface area is 198 Å². The molecule has 0 aliphatic heterocycles. The number of halogens is 1. The van der Waals surface area contributed by atoms with Crippen molar-refractivity contribution >= 4 is 39.4 Å². The van der Waals surface area contributed by atoms with Crippen molar-refractivity contribution in [3.8, 4) is 0 Å². The van der Waals surface area contributed by atoms with Gasteiger partial charge in [0.1, 0.15) is 12.7 Å². The highest BCUT2D eigenvalue weighted by atomic mass is 79.9. The normalized spacial score (nSPS) is 45.3. The maximum Gasteiger partial charge on any atom is 0.303 e. The van der Waals surface area contributed by atoms with Crippen molar-refractivity contribution in [1.29, 1.82) is 0 Å². The molecule has 7 heteroatoms. The summed E-state index contributed by atoms with van der Waals surface area (Å²) in [6.45, 7) is 6.94. The lowest BCUT2D eigenvalue weighted by Gasteiger charge is -2.61. The van der Waals surface area contributed by atoms with Crippen LogP contribution in [0.15, 0.2) is 0 Å². The molecular weight excluding hydrogens is 476 g/mol. The molecule has 0 saturated heterocycles. The van der Waals surface area contributed by atoms with Crippen LogP contribution in [0.5, 0.6) is 0 Å². The Morgan fingerprint density at radius 2 is 1.75 bits per heavy atom. The number of carbonyl (C=O) groups excluding carboxylic acids is 4. The van der Waals surface area contributed by atoms with E-state index in [2.05, 4.69) is 29.8 Å². The second kappa shape index (κ2) is 8.52. The molecule has 0 bridgehead atoms. The first-order valence-electron chi connectivity index (χ1n) is 12.0. The van der Waals surface area contributed by atoms with Crippen LogP contribution in [0, 0.1) is 40.4 Å². The van der Waals surface area contributed by atoms with Crippen LogP contribution in [-0.4, -0.2) is 41.0 Å². The Morgan fingerprint density at radius 3 is 2.41 bits per heavy atom. The molecule has 0 aromatic rings. The molecule has 4 aliphatic rings. The van der Waals surface area contributed by atoms with E-state index >= 15 is 0 Å². The van der Waals surface area contributed by atoms with Crippen LogP contribution in [0.4, 0.5) is 0 Å². The molecule has 0 heterocycles. The summed E-state index contributed by atoms with van der Waals surface area (Å²) >= 11 is 3.77. The van der Waals surface area contributed by atoms with Gasteiger partial charge < -0.3 is 9.47 Å². The van der Waals surface area contributed by atoms with Crippen molar-refractivity contribution < 1.29 is 28.7 Å². The number of fused-ring (bicyclic) bond motifs is 5. The van der Waals surface area contributed by atoms with Crippen molar-refractivity contribution in [3.05, 3.63) is 0 Å². The van der Waals surface area contributed by atoms with E-state index < -0.39 is 11.4 Å². The maximum atomic E-state index is 13.9. The van der Waals surface area contributed by atoms with Crippen LogP contribution in [0.25, 0.3) is 0 Å². The van der Waals surface area contributed by atoms with E-state index in [9.17, 15) is 19.2 Å². The third kappa shape index (κ3) is 3.67. The number of esters is 2. The highest BCUT2D eigenvalue weighted by Crippen LogP contribution is 2.67. The monoisotopic (exact) mass is 510 g/mol. The van der Waals surface area contributed by atoms with Crippen molar-refractivity contribution in [2.45, 2.75) is 83.6 Å².